The number of rotatable bonds is 7. The van der Waals surface area contributed by atoms with Gasteiger partial charge in [0, 0.05) is 6.54 Å². The van der Waals surface area contributed by atoms with Crippen LogP contribution in [-0.4, -0.2) is 37.4 Å². The molecule has 23 heavy (non-hydrogen) atoms. The van der Waals surface area contributed by atoms with Gasteiger partial charge in [0.15, 0.2) is 0 Å². The summed E-state index contributed by atoms with van der Waals surface area (Å²) in [5.74, 6) is 0.0601. The van der Waals surface area contributed by atoms with Gasteiger partial charge in [-0.25, -0.2) is 0 Å². The van der Waals surface area contributed by atoms with Gasteiger partial charge in [0.1, 0.15) is 10.8 Å². The number of carbonyl (C=O) groups excluding carboxylic acids is 2. The monoisotopic (exact) mass is 333 g/mol. The number of nitrogens with zero attached hydrogens (tertiary/aromatic N) is 1. The van der Waals surface area contributed by atoms with E-state index in [4.69, 9.17) is 10.5 Å². The van der Waals surface area contributed by atoms with Crippen LogP contribution < -0.4 is 15.8 Å². The van der Waals surface area contributed by atoms with E-state index in [9.17, 15) is 9.59 Å². The Kier molecular flexibility index (Phi) is 5.72. The van der Waals surface area contributed by atoms with Gasteiger partial charge < -0.3 is 15.8 Å². The Morgan fingerprint density at radius 3 is 2.57 bits per heavy atom. The Morgan fingerprint density at radius 1 is 1.26 bits per heavy atom. The first kappa shape index (κ1) is 17.0. The second-order valence-electron chi connectivity index (χ2n) is 5.10. The van der Waals surface area contributed by atoms with Gasteiger partial charge in [-0.1, -0.05) is 12.1 Å². The van der Waals surface area contributed by atoms with Crippen LogP contribution in [0.25, 0.3) is 0 Å². The lowest BCUT2D eigenvalue weighted by Crippen LogP contribution is -2.30. The Hall–Kier alpha value is -2.38. The zero-order chi connectivity index (χ0) is 16.8. The number of likely N-dealkylation sites (N-methyl/N-ethyl adjacent to an activating group) is 1. The van der Waals surface area contributed by atoms with Crippen LogP contribution in [0.2, 0.25) is 0 Å². The molecule has 0 atom stereocenters. The average Bonchev–Trinajstić information content (AvgIpc) is 2.96. The topological polar surface area (TPSA) is 84.7 Å². The normalized spacial score (nSPS) is 10.6. The molecule has 0 radical (unpaired) electrons. The summed E-state index contributed by atoms with van der Waals surface area (Å²) in [5.41, 5.74) is 6.67. The summed E-state index contributed by atoms with van der Waals surface area (Å²) in [6, 6.07) is 9.28. The molecule has 2 rings (SSSR count). The summed E-state index contributed by atoms with van der Waals surface area (Å²) in [6.45, 7) is 0.840. The summed E-state index contributed by atoms with van der Waals surface area (Å²) in [5, 5.41) is 4.93. The first-order valence-corrected chi connectivity index (χ1v) is 7.86. The van der Waals surface area contributed by atoms with Crippen LogP contribution in [0.5, 0.6) is 5.75 Å². The van der Waals surface area contributed by atoms with Crippen LogP contribution in [0.4, 0.5) is 5.00 Å². The van der Waals surface area contributed by atoms with E-state index in [1.54, 1.807) is 18.6 Å². The van der Waals surface area contributed by atoms with E-state index in [0.717, 1.165) is 11.3 Å². The highest BCUT2D eigenvalue weighted by Crippen LogP contribution is 2.22. The molecule has 7 heteroatoms. The third-order valence-corrected chi connectivity index (χ3v) is 4.04. The van der Waals surface area contributed by atoms with Gasteiger partial charge in [0.25, 0.3) is 5.91 Å². The van der Waals surface area contributed by atoms with E-state index < -0.39 is 5.91 Å². The van der Waals surface area contributed by atoms with Gasteiger partial charge >= 0.3 is 0 Å². The van der Waals surface area contributed by atoms with Gasteiger partial charge in [-0.15, -0.1) is 11.3 Å². The Morgan fingerprint density at radius 2 is 1.96 bits per heavy atom. The number of thiophene rings is 1. The van der Waals surface area contributed by atoms with Crippen LogP contribution in [-0.2, 0) is 11.3 Å². The minimum absolute atomic E-state index is 0.189. The zero-order valence-electron chi connectivity index (χ0n) is 13.0. The van der Waals surface area contributed by atoms with Gasteiger partial charge in [-0.3, -0.25) is 14.5 Å². The van der Waals surface area contributed by atoms with Crippen LogP contribution >= 0.6 is 11.3 Å². The molecule has 2 aromatic rings. The molecule has 0 aliphatic rings. The lowest BCUT2D eigenvalue weighted by molar-refractivity contribution is -0.117. The van der Waals surface area contributed by atoms with Crippen molar-refractivity contribution in [2.24, 2.45) is 5.73 Å². The Bertz CT molecular complexity index is 682. The number of carbonyl (C=O) groups is 2. The highest BCUT2D eigenvalue weighted by atomic mass is 32.1. The molecule has 3 N–H and O–H groups in total. The molecule has 0 bridgehead atoms. The molecule has 0 saturated carbocycles. The number of amides is 2. The molecule has 1 aromatic carbocycles. The number of hydrogen-bond acceptors (Lipinski definition) is 5. The fourth-order valence-electron chi connectivity index (χ4n) is 2.11. The second-order valence-corrected chi connectivity index (χ2v) is 6.01. The number of primary amides is 1. The molecule has 0 aliphatic carbocycles. The molecule has 1 heterocycles. The number of anilines is 1. The van der Waals surface area contributed by atoms with Crippen molar-refractivity contribution in [2.45, 2.75) is 6.54 Å². The molecular weight excluding hydrogens is 314 g/mol. The molecule has 6 nitrogen and oxygen atoms in total. The van der Waals surface area contributed by atoms with E-state index in [1.807, 2.05) is 36.2 Å². The first-order valence-electron chi connectivity index (χ1n) is 6.98. The van der Waals surface area contributed by atoms with Crippen molar-refractivity contribution in [2.75, 3.05) is 26.0 Å². The van der Waals surface area contributed by atoms with E-state index in [1.165, 1.54) is 11.3 Å². The van der Waals surface area contributed by atoms with Gasteiger partial charge in [-0.2, -0.15) is 0 Å². The summed E-state index contributed by atoms with van der Waals surface area (Å²) in [7, 11) is 3.48. The molecule has 2 amide bonds. The summed E-state index contributed by atoms with van der Waals surface area (Å²) in [4.78, 5) is 25.2. The highest BCUT2D eigenvalue weighted by molar-refractivity contribution is 7.14. The van der Waals surface area contributed by atoms with Gasteiger partial charge in [-0.05, 0) is 36.2 Å². The van der Waals surface area contributed by atoms with Gasteiger partial charge in [0.2, 0.25) is 5.91 Å². The predicted molar refractivity (Wildman–Crippen MR) is 90.8 cm³/mol. The number of nitrogens with two attached hydrogens (primary N) is 1. The maximum absolute atomic E-state index is 12.1. The maximum atomic E-state index is 12.1. The maximum Gasteiger partial charge on any atom is 0.251 e. The average molecular weight is 333 g/mol. The number of methoxy groups -OCH3 is 1. The molecule has 0 fully saturated rings. The largest absolute Gasteiger partial charge is 0.497 e. The van der Waals surface area contributed by atoms with Crippen LogP contribution in [0.1, 0.15) is 15.9 Å². The first-order chi connectivity index (χ1) is 11.0. The van der Waals surface area contributed by atoms with Gasteiger partial charge in [0.05, 0.1) is 19.2 Å². The molecule has 0 aliphatic heterocycles. The number of hydrogen-bond donors (Lipinski definition) is 2. The predicted octanol–water partition coefficient (Wildman–Crippen LogP) is 1.93. The quantitative estimate of drug-likeness (QED) is 0.811. The van der Waals surface area contributed by atoms with E-state index in [0.29, 0.717) is 17.1 Å². The lowest BCUT2D eigenvalue weighted by Gasteiger charge is -2.16. The second kappa shape index (κ2) is 7.75. The minimum Gasteiger partial charge on any atom is -0.497 e. The van der Waals surface area contributed by atoms with Crippen molar-refractivity contribution in [3.05, 3.63) is 46.8 Å². The number of ether oxygens (including phenoxy) is 1. The Labute approximate surface area is 138 Å². The molecule has 0 spiro atoms. The van der Waals surface area contributed by atoms with Crippen molar-refractivity contribution in [1.29, 1.82) is 0 Å². The minimum atomic E-state index is -0.548. The van der Waals surface area contributed by atoms with E-state index >= 15 is 0 Å². The van der Waals surface area contributed by atoms with E-state index in [2.05, 4.69) is 5.32 Å². The number of nitrogens with one attached hydrogen (secondary N) is 1. The van der Waals surface area contributed by atoms with Crippen molar-refractivity contribution in [3.8, 4) is 5.75 Å². The summed E-state index contributed by atoms with van der Waals surface area (Å²) >= 11 is 1.28. The molecular formula is C16H19N3O3S. The standard InChI is InChI=1S/C16H19N3O3S/c1-19(9-11-3-5-12(22-2)6-4-11)10-14(20)18-16-13(15(17)21)7-8-23-16/h3-8H,9-10H2,1-2H3,(H2,17,21)(H,18,20). The van der Waals surface area contributed by atoms with Crippen LogP contribution in [0.3, 0.4) is 0 Å². The summed E-state index contributed by atoms with van der Waals surface area (Å²) < 4.78 is 5.11. The lowest BCUT2D eigenvalue weighted by atomic mass is 10.2. The third-order valence-electron chi connectivity index (χ3n) is 3.21. The third kappa shape index (κ3) is 4.80. The molecule has 0 saturated heterocycles. The van der Waals surface area contributed by atoms with E-state index in [-0.39, 0.29) is 12.5 Å². The van der Waals surface area contributed by atoms with Crippen molar-refractivity contribution >= 4 is 28.2 Å². The fourth-order valence-corrected chi connectivity index (χ4v) is 2.92. The SMILES string of the molecule is COc1ccc(CN(C)CC(=O)Nc2sccc2C(N)=O)cc1. The summed E-state index contributed by atoms with van der Waals surface area (Å²) in [6.07, 6.45) is 0. The molecule has 1 aromatic heterocycles. The Balaban J connectivity index is 1.88. The van der Waals surface area contributed by atoms with Crippen LogP contribution in [0, 0.1) is 0 Å². The van der Waals surface area contributed by atoms with Crippen molar-refractivity contribution in [3.63, 3.8) is 0 Å². The zero-order valence-corrected chi connectivity index (χ0v) is 13.9. The van der Waals surface area contributed by atoms with Crippen molar-refractivity contribution in [1.82, 2.24) is 4.90 Å². The van der Waals surface area contributed by atoms with Crippen LogP contribution in [0.15, 0.2) is 35.7 Å². The molecule has 0 unspecified atom stereocenters. The number of benzene rings is 1. The molecule has 122 valence electrons. The van der Waals surface area contributed by atoms with Crippen molar-refractivity contribution < 1.29 is 14.3 Å². The highest BCUT2D eigenvalue weighted by Gasteiger charge is 2.13. The smallest absolute Gasteiger partial charge is 0.251 e. The fraction of sp³-hybridized carbons (Fsp3) is 0.250.